The van der Waals surface area contributed by atoms with Gasteiger partial charge in [0.1, 0.15) is 0 Å². The van der Waals surface area contributed by atoms with Crippen molar-refractivity contribution in [2.45, 2.75) is 12.5 Å². The van der Waals surface area contributed by atoms with E-state index in [1.165, 1.54) is 0 Å². The Morgan fingerprint density at radius 3 is 2.93 bits per heavy atom. The number of para-hydroxylation sites is 1. The van der Waals surface area contributed by atoms with Crippen molar-refractivity contribution in [1.82, 2.24) is 20.2 Å². The number of nitrogens with one attached hydrogen (secondary N) is 2. The number of carbonyl (C=O) groups excluding carboxylic acids is 3. The summed E-state index contributed by atoms with van der Waals surface area (Å²) in [5, 5.41) is 5.42. The summed E-state index contributed by atoms with van der Waals surface area (Å²) in [7, 11) is 1.77. The molecule has 0 aliphatic carbocycles. The number of nitrogens with zero attached hydrogens (tertiary/aromatic N) is 3. The van der Waals surface area contributed by atoms with Crippen LogP contribution in [0.2, 0.25) is 5.02 Å². The van der Waals surface area contributed by atoms with E-state index in [2.05, 4.69) is 20.5 Å². The van der Waals surface area contributed by atoms with Crippen molar-refractivity contribution in [2.24, 2.45) is 7.05 Å². The van der Waals surface area contributed by atoms with Crippen molar-refractivity contribution >= 4 is 52.2 Å². The Morgan fingerprint density at radius 1 is 1.41 bits per heavy atom. The van der Waals surface area contributed by atoms with E-state index < -0.39 is 5.91 Å². The zero-order chi connectivity index (χ0) is 20.5. The van der Waals surface area contributed by atoms with Crippen LogP contribution in [0.4, 0.5) is 10.5 Å². The molecule has 0 saturated carbocycles. The fraction of sp³-hybridized carbons (Fsp3) is 0.263. The molecule has 2 aliphatic heterocycles. The zero-order valence-corrected chi connectivity index (χ0v) is 17.1. The smallest absolute Gasteiger partial charge is 0.290 e. The van der Waals surface area contributed by atoms with E-state index >= 15 is 0 Å². The summed E-state index contributed by atoms with van der Waals surface area (Å²) in [6.45, 7) is 1.28. The molecule has 2 N–H and O–H groups in total. The topological polar surface area (TPSA) is 96.3 Å². The second-order valence-corrected chi connectivity index (χ2v) is 8.22. The first-order chi connectivity index (χ1) is 13.9. The molecule has 29 heavy (non-hydrogen) atoms. The normalized spacial score (nSPS) is 20.4. The van der Waals surface area contributed by atoms with E-state index in [1.54, 1.807) is 42.2 Å². The predicted octanol–water partition coefficient (Wildman–Crippen LogP) is 2.41. The van der Waals surface area contributed by atoms with E-state index in [0.717, 1.165) is 29.4 Å². The summed E-state index contributed by atoms with van der Waals surface area (Å²) in [5.41, 5.74) is 1.53. The van der Waals surface area contributed by atoms with Gasteiger partial charge in [0.25, 0.3) is 17.1 Å². The van der Waals surface area contributed by atoms with Gasteiger partial charge in [-0.05, 0) is 30.3 Å². The van der Waals surface area contributed by atoms with Crippen LogP contribution in [0.1, 0.15) is 22.6 Å². The predicted molar refractivity (Wildman–Crippen MR) is 112 cm³/mol. The lowest BCUT2D eigenvalue weighted by Gasteiger charge is -2.23. The van der Waals surface area contributed by atoms with Crippen LogP contribution in [-0.4, -0.2) is 45.7 Å². The first-order valence-electron chi connectivity index (χ1n) is 8.99. The molecule has 1 aromatic heterocycles. The first kappa shape index (κ1) is 19.5. The molecular weight excluding hydrogens is 414 g/mol. The van der Waals surface area contributed by atoms with Crippen LogP contribution in [0.25, 0.3) is 6.08 Å². The van der Waals surface area contributed by atoms with Crippen molar-refractivity contribution < 1.29 is 14.4 Å². The van der Waals surface area contributed by atoms with Gasteiger partial charge in [-0.15, -0.1) is 0 Å². The summed E-state index contributed by atoms with van der Waals surface area (Å²) in [6, 6.07) is 5.38. The third-order valence-electron chi connectivity index (χ3n) is 4.81. The summed E-state index contributed by atoms with van der Waals surface area (Å²) in [6.07, 6.45) is 5.74. The lowest BCUT2D eigenvalue weighted by atomic mass is 10.1. The number of carbonyl (C=O) groups is 3. The zero-order valence-electron chi connectivity index (χ0n) is 15.5. The third-order valence-corrected chi connectivity index (χ3v) is 5.93. The molecule has 2 fully saturated rings. The number of thioether (sulfide) groups is 1. The van der Waals surface area contributed by atoms with Gasteiger partial charge in [-0.1, -0.05) is 23.7 Å². The fourth-order valence-electron chi connectivity index (χ4n) is 3.46. The molecule has 8 nitrogen and oxygen atoms in total. The molecule has 0 bridgehead atoms. The summed E-state index contributed by atoms with van der Waals surface area (Å²) in [5.74, 6) is -0.267. The maximum absolute atomic E-state index is 12.4. The number of benzene rings is 1. The average Bonchev–Trinajstić information content (AvgIpc) is 3.36. The van der Waals surface area contributed by atoms with Crippen molar-refractivity contribution in [3.63, 3.8) is 0 Å². The monoisotopic (exact) mass is 431 g/mol. The minimum atomic E-state index is -0.410. The minimum absolute atomic E-state index is 0.0540. The van der Waals surface area contributed by atoms with Gasteiger partial charge in [0.05, 0.1) is 15.6 Å². The Balaban J connectivity index is 1.53. The number of hydrogen-bond donors (Lipinski definition) is 2. The minimum Gasteiger partial charge on any atom is -0.368 e. The highest BCUT2D eigenvalue weighted by molar-refractivity contribution is 8.18. The highest BCUT2D eigenvalue weighted by Gasteiger charge is 2.29. The molecule has 150 valence electrons. The lowest BCUT2D eigenvalue weighted by molar-refractivity contribution is -0.115. The number of anilines is 1. The van der Waals surface area contributed by atoms with Crippen LogP contribution < -0.4 is 15.5 Å². The molecule has 10 heteroatoms. The Labute approximate surface area is 176 Å². The molecule has 0 radical (unpaired) electrons. The number of imidazole rings is 1. The van der Waals surface area contributed by atoms with Crippen LogP contribution in [0, 0.1) is 0 Å². The molecule has 2 aromatic rings. The molecule has 3 amide bonds. The molecule has 2 saturated heterocycles. The van der Waals surface area contributed by atoms with E-state index in [4.69, 9.17) is 11.6 Å². The van der Waals surface area contributed by atoms with E-state index in [-0.39, 0.29) is 17.2 Å². The van der Waals surface area contributed by atoms with Gasteiger partial charge in [0.15, 0.2) is 5.82 Å². The highest BCUT2D eigenvalue weighted by atomic mass is 35.5. The number of aromatic nitrogens is 2. The Kier molecular flexibility index (Phi) is 5.33. The van der Waals surface area contributed by atoms with Gasteiger partial charge in [-0.3, -0.25) is 19.7 Å². The van der Waals surface area contributed by atoms with Crippen LogP contribution in [-0.2, 0) is 11.8 Å². The Hall–Kier alpha value is -2.78. The largest absolute Gasteiger partial charge is 0.368 e. The fourth-order valence-corrected chi connectivity index (χ4v) is 4.43. The molecule has 4 rings (SSSR count). The quantitative estimate of drug-likeness (QED) is 0.721. The van der Waals surface area contributed by atoms with E-state index in [1.807, 2.05) is 6.07 Å². The van der Waals surface area contributed by atoms with Gasteiger partial charge in [-0.2, -0.15) is 0 Å². The first-order valence-corrected chi connectivity index (χ1v) is 10.2. The van der Waals surface area contributed by atoms with Crippen LogP contribution in [0.5, 0.6) is 0 Å². The van der Waals surface area contributed by atoms with Crippen molar-refractivity contribution in [3.8, 4) is 0 Å². The van der Waals surface area contributed by atoms with Crippen molar-refractivity contribution in [1.29, 1.82) is 0 Å². The maximum atomic E-state index is 12.4. The number of halogens is 1. The van der Waals surface area contributed by atoms with Crippen LogP contribution >= 0.6 is 23.4 Å². The maximum Gasteiger partial charge on any atom is 0.290 e. The highest BCUT2D eigenvalue weighted by Crippen LogP contribution is 2.36. The van der Waals surface area contributed by atoms with Crippen molar-refractivity contribution in [3.05, 3.63) is 51.9 Å². The van der Waals surface area contributed by atoms with Crippen LogP contribution in [0.15, 0.2) is 35.5 Å². The average molecular weight is 432 g/mol. The summed E-state index contributed by atoms with van der Waals surface area (Å²) < 4.78 is 1.67. The molecule has 1 atom stereocenters. The van der Waals surface area contributed by atoms with E-state index in [0.29, 0.717) is 28.8 Å². The van der Waals surface area contributed by atoms with Gasteiger partial charge in [0, 0.05) is 44.1 Å². The molecule has 1 aromatic carbocycles. The molecule has 0 unspecified atom stereocenters. The number of aryl methyl sites for hydroxylation is 1. The van der Waals surface area contributed by atoms with E-state index in [9.17, 15) is 14.4 Å². The standard InChI is InChI=1S/C19H18ClN5O3S/c1-24-8-6-21-16(24)18(27)22-12-5-7-25(10-12)15-11(3-2-4-13(15)20)9-14-17(26)23-19(28)29-14/h2-4,6,8-9,12H,5,7,10H2,1H3,(H,22,27)(H,23,26,28)/t12-/m0/s1. The van der Waals surface area contributed by atoms with Gasteiger partial charge >= 0.3 is 0 Å². The summed E-state index contributed by atoms with van der Waals surface area (Å²) >= 11 is 7.34. The SMILES string of the molecule is Cn1ccnc1C(=O)N[C@H]1CCN(c2c(Cl)cccc2C=C2SC(=O)NC2=O)C1. The molecular formula is C19H18ClN5O3S. The number of rotatable bonds is 4. The second kappa shape index (κ2) is 7.92. The summed E-state index contributed by atoms with van der Waals surface area (Å²) in [4.78, 5) is 42.2. The third kappa shape index (κ3) is 4.01. The lowest BCUT2D eigenvalue weighted by Crippen LogP contribution is -2.38. The van der Waals surface area contributed by atoms with Gasteiger partial charge in [0.2, 0.25) is 0 Å². The second-order valence-electron chi connectivity index (χ2n) is 6.80. The molecule has 0 spiro atoms. The number of imide groups is 1. The number of amides is 3. The molecule has 2 aliphatic rings. The van der Waals surface area contributed by atoms with Crippen molar-refractivity contribution in [2.75, 3.05) is 18.0 Å². The Bertz CT molecular complexity index is 1030. The van der Waals surface area contributed by atoms with Gasteiger partial charge < -0.3 is 14.8 Å². The molecule has 3 heterocycles. The van der Waals surface area contributed by atoms with Crippen LogP contribution in [0.3, 0.4) is 0 Å². The van der Waals surface area contributed by atoms with Gasteiger partial charge in [-0.25, -0.2) is 4.98 Å². The Morgan fingerprint density at radius 2 is 2.24 bits per heavy atom. The number of hydrogen-bond acceptors (Lipinski definition) is 6.